The van der Waals surface area contributed by atoms with Crippen LogP contribution in [0.2, 0.25) is 0 Å². The Morgan fingerprint density at radius 1 is 1.10 bits per heavy atom. The molecule has 0 spiro atoms. The van der Waals surface area contributed by atoms with Crippen molar-refractivity contribution in [3.05, 3.63) is 40.7 Å². The van der Waals surface area contributed by atoms with E-state index in [1.54, 1.807) is 0 Å². The molecule has 1 heterocycles. The predicted molar refractivity (Wildman–Crippen MR) is 84.6 cm³/mol. The van der Waals surface area contributed by atoms with Crippen molar-refractivity contribution in [3.63, 3.8) is 0 Å². The monoisotopic (exact) mass is 284 g/mol. The van der Waals surface area contributed by atoms with Crippen molar-refractivity contribution in [3.8, 4) is 5.69 Å². The van der Waals surface area contributed by atoms with Crippen molar-refractivity contribution in [1.29, 1.82) is 0 Å². The van der Waals surface area contributed by atoms with Crippen LogP contribution in [-0.4, -0.2) is 15.0 Å². The molecule has 0 saturated heterocycles. The molecule has 1 saturated carbocycles. The minimum Gasteiger partial charge on any atom is -0.325 e. The largest absolute Gasteiger partial charge is 0.325 e. The summed E-state index contributed by atoms with van der Waals surface area (Å²) in [7, 11) is 0. The minimum absolute atomic E-state index is 0.469. The highest BCUT2D eigenvalue weighted by Gasteiger charge is 2.24. The molecule has 1 aromatic heterocycles. The Morgan fingerprint density at radius 2 is 1.76 bits per heavy atom. The molecule has 21 heavy (non-hydrogen) atoms. The average molecular weight is 284 g/mol. The highest BCUT2D eigenvalue weighted by Crippen LogP contribution is 2.35. The van der Waals surface area contributed by atoms with Crippen molar-refractivity contribution in [2.24, 2.45) is 5.73 Å². The maximum atomic E-state index is 5.89. The van der Waals surface area contributed by atoms with E-state index in [4.69, 9.17) is 5.73 Å². The number of hydrogen-bond donors (Lipinski definition) is 1. The molecular weight excluding hydrogens is 260 g/mol. The van der Waals surface area contributed by atoms with E-state index in [2.05, 4.69) is 42.4 Å². The van der Waals surface area contributed by atoms with Crippen LogP contribution < -0.4 is 5.73 Å². The quantitative estimate of drug-likeness (QED) is 0.940. The summed E-state index contributed by atoms with van der Waals surface area (Å²) in [6, 6.07) is 6.53. The van der Waals surface area contributed by atoms with Crippen LogP contribution >= 0.6 is 0 Å². The Kier molecular flexibility index (Phi) is 4.06. The molecule has 0 amide bonds. The molecule has 112 valence electrons. The van der Waals surface area contributed by atoms with Gasteiger partial charge in [-0.2, -0.15) is 0 Å². The van der Waals surface area contributed by atoms with E-state index in [1.807, 2.05) is 4.68 Å². The van der Waals surface area contributed by atoms with Crippen LogP contribution in [0.1, 0.15) is 60.5 Å². The molecular formula is C17H24N4. The van der Waals surface area contributed by atoms with Gasteiger partial charge in [0.05, 0.1) is 11.4 Å². The zero-order valence-electron chi connectivity index (χ0n) is 13.0. The molecule has 0 atom stereocenters. The lowest BCUT2D eigenvalue weighted by molar-refractivity contribution is 0.428. The van der Waals surface area contributed by atoms with Gasteiger partial charge >= 0.3 is 0 Å². The highest BCUT2D eigenvalue weighted by atomic mass is 15.4. The van der Waals surface area contributed by atoms with E-state index in [1.165, 1.54) is 48.9 Å². The van der Waals surface area contributed by atoms with Gasteiger partial charge in [0.25, 0.3) is 0 Å². The second-order valence-corrected chi connectivity index (χ2v) is 6.22. The summed E-state index contributed by atoms with van der Waals surface area (Å²) < 4.78 is 2.03. The standard InChI is InChI=1S/C17H24N4/c1-12-8-13(2)10-15(9-12)21-17(16(11-18)19-20-21)14-6-4-3-5-7-14/h8-10,14H,3-7,11,18H2,1-2H3. The minimum atomic E-state index is 0.469. The molecule has 0 bridgehead atoms. The number of nitrogens with two attached hydrogens (primary N) is 1. The van der Waals surface area contributed by atoms with E-state index in [0.717, 1.165) is 11.4 Å². The van der Waals surface area contributed by atoms with Crippen molar-refractivity contribution < 1.29 is 0 Å². The molecule has 0 unspecified atom stereocenters. The molecule has 2 N–H and O–H groups in total. The van der Waals surface area contributed by atoms with Crippen LogP contribution in [0, 0.1) is 13.8 Å². The molecule has 1 fully saturated rings. The first-order chi connectivity index (χ1) is 10.2. The first-order valence-electron chi connectivity index (χ1n) is 7.92. The zero-order chi connectivity index (χ0) is 14.8. The van der Waals surface area contributed by atoms with Gasteiger partial charge in [-0.15, -0.1) is 5.10 Å². The summed E-state index contributed by atoms with van der Waals surface area (Å²) >= 11 is 0. The Labute approximate surface area is 126 Å². The van der Waals surface area contributed by atoms with Crippen molar-refractivity contribution in [2.75, 3.05) is 0 Å². The first kappa shape index (κ1) is 14.3. The summed E-state index contributed by atoms with van der Waals surface area (Å²) in [4.78, 5) is 0. The van der Waals surface area contributed by atoms with Crippen LogP contribution in [0.4, 0.5) is 0 Å². The lowest BCUT2D eigenvalue weighted by atomic mass is 9.86. The second-order valence-electron chi connectivity index (χ2n) is 6.22. The fraction of sp³-hybridized carbons (Fsp3) is 0.529. The maximum Gasteiger partial charge on any atom is 0.100 e. The summed E-state index contributed by atoms with van der Waals surface area (Å²) in [5.41, 5.74) is 11.7. The number of rotatable bonds is 3. The van der Waals surface area contributed by atoms with E-state index >= 15 is 0 Å². The number of nitrogens with zero attached hydrogens (tertiary/aromatic N) is 3. The highest BCUT2D eigenvalue weighted by molar-refractivity contribution is 5.41. The van der Waals surface area contributed by atoms with Crippen LogP contribution in [-0.2, 0) is 6.54 Å². The van der Waals surface area contributed by atoms with Gasteiger partial charge in [-0.25, -0.2) is 4.68 Å². The lowest BCUT2D eigenvalue weighted by Crippen LogP contribution is -2.14. The number of aryl methyl sites for hydroxylation is 2. The van der Waals surface area contributed by atoms with Crippen LogP contribution in [0.15, 0.2) is 18.2 Å². The molecule has 3 rings (SSSR count). The van der Waals surface area contributed by atoms with Crippen LogP contribution in [0.25, 0.3) is 5.69 Å². The summed E-state index contributed by atoms with van der Waals surface area (Å²) in [6.07, 6.45) is 6.40. The van der Waals surface area contributed by atoms with E-state index < -0.39 is 0 Å². The summed E-state index contributed by atoms with van der Waals surface area (Å²) in [5.74, 6) is 0.549. The molecule has 4 nitrogen and oxygen atoms in total. The van der Waals surface area contributed by atoms with Gasteiger partial charge in [-0.1, -0.05) is 30.5 Å². The Balaban J connectivity index is 2.07. The molecule has 1 aromatic carbocycles. The average Bonchev–Trinajstić information content (AvgIpc) is 2.91. The van der Waals surface area contributed by atoms with Gasteiger partial charge in [-0.3, -0.25) is 0 Å². The Morgan fingerprint density at radius 3 is 2.38 bits per heavy atom. The normalized spacial score (nSPS) is 16.3. The molecule has 4 heteroatoms. The zero-order valence-corrected chi connectivity index (χ0v) is 13.0. The number of benzene rings is 1. The van der Waals surface area contributed by atoms with Gasteiger partial charge in [0.1, 0.15) is 5.69 Å². The van der Waals surface area contributed by atoms with Crippen molar-refractivity contribution >= 4 is 0 Å². The Bertz CT molecular complexity index is 603. The third-order valence-electron chi connectivity index (χ3n) is 4.41. The molecule has 1 aliphatic rings. The third kappa shape index (κ3) is 2.86. The van der Waals surface area contributed by atoms with Gasteiger partial charge in [0.2, 0.25) is 0 Å². The number of aromatic nitrogens is 3. The lowest BCUT2D eigenvalue weighted by Gasteiger charge is -2.23. The van der Waals surface area contributed by atoms with E-state index in [-0.39, 0.29) is 0 Å². The summed E-state index contributed by atoms with van der Waals surface area (Å²) in [5, 5.41) is 8.73. The fourth-order valence-corrected chi connectivity index (χ4v) is 3.51. The van der Waals surface area contributed by atoms with Crippen LogP contribution in [0.3, 0.4) is 0 Å². The second kappa shape index (κ2) is 5.98. The van der Waals surface area contributed by atoms with Crippen LogP contribution in [0.5, 0.6) is 0 Å². The predicted octanol–water partition coefficient (Wildman–Crippen LogP) is 3.39. The molecule has 0 radical (unpaired) electrons. The first-order valence-corrected chi connectivity index (χ1v) is 7.92. The van der Waals surface area contributed by atoms with E-state index in [0.29, 0.717) is 12.5 Å². The third-order valence-corrected chi connectivity index (χ3v) is 4.41. The summed E-state index contributed by atoms with van der Waals surface area (Å²) in [6.45, 7) is 4.71. The van der Waals surface area contributed by atoms with Crippen molar-refractivity contribution in [2.45, 2.75) is 58.4 Å². The topological polar surface area (TPSA) is 56.7 Å². The van der Waals surface area contributed by atoms with Gasteiger partial charge in [0, 0.05) is 12.5 Å². The van der Waals surface area contributed by atoms with Gasteiger partial charge in [0.15, 0.2) is 0 Å². The Hall–Kier alpha value is -1.68. The maximum absolute atomic E-state index is 5.89. The molecule has 0 aliphatic heterocycles. The van der Waals surface area contributed by atoms with Gasteiger partial charge in [-0.05, 0) is 49.9 Å². The fourth-order valence-electron chi connectivity index (χ4n) is 3.51. The molecule has 1 aliphatic carbocycles. The molecule has 2 aromatic rings. The van der Waals surface area contributed by atoms with Crippen molar-refractivity contribution in [1.82, 2.24) is 15.0 Å². The number of hydrogen-bond acceptors (Lipinski definition) is 3. The SMILES string of the molecule is Cc1cc(C)cc(-n2nnc(CN)c2C2CCCCC2)c1. The van der Waals surface area contributed by atoms with Gasteiger partial charge < -0.3 is 5.73 Å². The smallest absolute Gasteiger partial charge is 0.100 e. The van der Waals surface area contributed by atoms with E-state index in [9.17, 15) is 0 Å².